The molecule has 2 unspecified atom stereocenters. The maximum Gasteiger partial charge on any atom is 0.351 e. The second kappa shape index (κ2) is 10.5. The molecule has 0 saturated heterocycles. The van der Waals surface area contributed by atoms with E-state index in [1.165, 1.54) is 0 Å². The van der Waals surface area contributed by atoms with Crippen LogP contribution < -0.4 is 0 Å². The molecule has 0 saturated carbocycles. The number of aromatic nitrogens is 4. The van der Waals surface area contributed by atoms with Gasteiger partial charge in [0.25, 0.3) is 11.9 Å². The molecule has 0 fully saturated rings. The standard InChI is InChI=1S/C30H28N6/c1-3-9-21(2)26(32-19-29-33-24-12-7-8-13-25(24)34-29)16-23-14-15-28-27(17-23)35-30(18-31)36(28)20-22-10-5-4-6-11-22/h4-8,10-15,17,21,26H,3,9,16,20H2,1-2H3/p+1. The number of hydrogen-bond acceptors (Lipinski definition) is 3. The molecule has 178 valence electrons. The van der Waals surface area contributed by atoms with E-state index in [1.807, 2.05) is 47.0 Å². The van der Waals surface area contributed by atoms with E-state index in [0.717, 1.165) is 52.5 Å². The number of rotatable bonds is 7. The Hall–Kier alpha value is -4.42. The fourth-order valence-corrected chi connectivity index (χ4v) is 4.73. The normalized spacial score (nSPS) is 12.7. The average Bonchev–Trinajstić information content (AvgIpc) is 3.47. The summed E-state index contributed by atoms with van der Waals surface area (Å²) in [7, 11) is 0. The van der Waals surface area contributed by atoms with Gasteiger partial charge < -0.3 is 9.55 Å². The van der Waals surface area contributed by atoms with Gasteiger partial charge in [0.15, 0.2) is 0 Å². The van der Waals surface area contributed by atoms with Gasteiger partial charge in [0.2, 0.25) is 5.82 Å². The smallest absolute Gasteiger partial charge is 0.326 e. The zero-order valence-corrected chi connectivity index (χ0v) is 20.6. The molecule has 5 rings (SSSR count). The van der Waals surface area contributed by atoms with Crippen LogP contribution in [0.25, 0.3) is 26.9 Å². The van der Waals surface area contributed by atoms with Crippen molar-refractivity contribution in [3.8, 4) is 12.1 Å². The first-order valence-electron chi connectivity index (χ1n) is 12.5. The Morgan fingerprint density at radius 2 is 1.78 bits per heavy atom. The van der Waals surface area contributed by atoms with Crippen LogP contribution in [0.3, 0.4) is 0 Å². The Bertz CT molecular complexity index is 1560. The Kier molecular flexibility index (Phi) is 6.78. The fourth-order valence-electron chi connectivity index (χ4n) is 4.73. The SMILES string of the molecule is CCCC(C)C(Cc1ccc2c(c1)nc(C#N)n2Cc1ccccc1)[N+]#Cc1nc2ccccc2[nH]1. The zero-order chi connectivity index (χ0) is 24.9. The van der Waals surface area contributed by atoms with Crippen LogP contribution in [0.15, 0.2) is 72.8 Å². The van der Waals surface area contributed by atoms with Gasteiger partial charge in [0.1, 0.15) is 6.07 Å². The molecule has 36 heavy (non-hydrogen) atoms. The van der Waals surface area contributed by atoms with Crippen molar-refractivity contribution in [1.82, 2.24) is 19.5 Å². The van der Waals surface area contributed by atoms with Gasteiger partial charge in [-0.15, -0.1) is 0 Å². The third-order valence-electron chi connectivity index (χ3n) is 6.67. The number of nitrogens with one attached hydrogen (secondary N) is 1. The monoisotopic (exact) mass is 473 g/mol. The fraction of sp³-hybridized carbons (Fsp3) is 0.267. The number of benzene rings is 3. The van der Waals surface area contributed by atoms with Gasteiger partial charge in [-0.05, 0) is 41.8 Å². The molecule has 5 aromatic rings. The number of aromatic amines is 1. The predicted octanol–water partition coefficient (Wildman–Crippen LogP) is 6.56. The lowest BCUT2D eigenvalue weighted by atomic mass is 9.92. The summed E-state index contributed by atoms with van der Waals surface area (Å²) >= 11 is 0. The zero-order valence-electron chi connectivity index (χ0n) is 20.6. The predicted molar refractivity (Wildman–Crippen MR) is 144 cm³/mol. The number of para-hydroxylation sites is 2. The lowest BCUT2D eigenvalue weighted by molar-refractivity contribution is 0.461. The first-order valence-corrected chi connectivity index (χ1v) is 12.5. The van der Waals surface area contributed by atoms with E-state index in [9.17, 15) is 5.26 Å². The molecule has 2 heterocycles. The molecule has 2 aromatic heterocycles. The van der Waals surface area contributed by atoms with Crippen LogP contribution in [0.1, 0.15) is 49.5 Å². The van der Waals surface area contributed by atoms with E-state index in [-0.39, 0.29) is 6.04 Å². The van der Waals surface area contributed by atoms with Gasteiger partial charge in [-0.2, -0.15) is 5.26 Å². The molecule has 0 spiro atoms. The summed E-state index contributed by atoms with van der Waals surface area (Å²) in [5.74, 6) is 1.48. The van der Waals surface area contributed by atoms with Crippen molar-refractivity contribution in [3.63, 3.8) is 0 Å². The lowest BCUT2D eigenvalue weighted by Gasteiger charge is -2.10. The molecule has 6 heteroatoms. The summed E-state index contributed by atoms with van der Waals surface area (Å²) in [6.07, 6.45) is 2.96. The molecule has 0 amide bonds. The van der Waals surface area contributed by atoms with Gasteiger partial charge in [0, 0.05) is 5.92 Å². The third kappa shape index (κ3) is 4.99. The molecule has 6 nitrogen and oxygen atoms in total. The summed E-state index contributed by atoms with van der Waals surface area (Å²) in [6.45, 7) is 5.07. The summed E-state index contributed by atoms with van der Waals surface area (Å²) in [5.41, 5.74) is 6.00. The minimum atomic E-state index is 0.0671. The van der Waals surface area contributed by atoms with Crippen LogP contribution in [-0.4, -0.2) is 25.6 Å². The van der Waals surface area contributed by atoms with Crippen molar-refractivity contribution >= 4 is 22.1 Å². The summed E-state index contributed by atoms with van der Waals surface area (Å²) in [5, 5.41) is 9.71. The Morgan fingerprint density at radius 1 is 0.972 bits per heavy atom. The third-order valence-corrected chi connectivity index (χ3v) is 6.67. The Balaban J connectivity index is 1.43. The molecule has 0 radical (unpaired) electrons. The molecule has 0 aliphatic heterocycles. The first kappa shape index (κ1) is 23.3. The minimum absolute atomic E-state index is 0.0671. The molecule has 0 bridgehead atoms. The quantitative estimate of drug-likeness (QED) is 0.291. The molecule has 1 N–H and O–H groups in total. The van der Waals surface area contributed by atoms with Crippen molar-refractivity contribution in [2.24, 2.45) is 5.92 Å². The van der Waals surface area contributed by atoms with Gasteiger partial charge in [0.05, 0.1) is 35.0 Å². The van der Waals surface area contributed by atoms with Crippen LogP contribution in [0, 0.1) is 23.3 Å². The molecule has 2 atom stereocenters. The number of hydrogen-bond donors (Lipinski definition) is 1. The maximum absolute atomic E-state index is 9.71. The summed E-state index contributed by atoms with van der Waals surface area (Å²) in [4.78, 5) is 17.4. The maximum atomic E-state index is 9.71. The van der Waals surface area contributed by atoms with E-state index in [1.54, 1.807) is 0 Å². The molecular formula is C30H29N6+. The number of H-pyrrole nitrogens is 1. The second-order valence-corrected chi connectivity index (χ2v) is 9.32. The minimum Gasteiger partial charge on any atom is -0.326 e. The lowest BCUT2D eigenvalue weighted by Crippen LogP contribution is -2.17. The average molecular weight is 474 g/mol. The van der Waals surface area contributed by atoms with Crippen LogP contribution in [-0.2, 0) is 13.0 Å². The van der Waals surface area contributed by atoms with Crippen molar-refractivity contribution < 1.29 is 0 Å². The highest BCUT2D eigenvalue weighted by molar-refractivity contribution is 5.78. The van der Waals surface area contributed by atoms with Crippen molar-refractivity contribution in [1.29, 1.82) is 5.26 Å². The summed E-state index contributed by atoms with van der Waals surface area (Å²) in [6, 6.07) is 29.9. The van der Waals surface area contributed by atoms with Gasteiger partial charge in [-0.3, -0.25) is 0 Å². The molecule has 0 aliphatic carbocycles. The van der Waals surface area contributed by atoms with Crippen molar-refractivity contribution in [2.45, 2.75) is 45.7 Å². The van der Waals surface area contributed by atoms with E-state index in [2.05, 4.69) is 71.3 Å². The highest BCUT2D eigenvalue weighted by Crippen LogP contribution is 2.24. The van der Waals surface area contributed by atoms with E-state index in [4.69, 9.17) is 4.85 Å². The topological polar surface area (TPSA) is 74.7 Å². The van der Waals surface area contributed by atoms with Crippen molar-refractivity contribution in [2.75, 3.05) is 0 Å². The van der Waals surface area contributed by atoms with Crippen LogP contribution >= 0.6 is 0 Å². The highest BCUT2D eigenvalue weighted by atomic mass is 15.1. The molecule has 0 aliphatic rings. The summed E-state index contributed by atoms with van der Waals surface area (Å²) < 4.78 is 1.99. The number of fused-ring (bicyclic) bond motifs is 2. The van der Waals surface area contributed by atoms with Gasteiger partial charge >= 0.3 is 6.07 Å². The van der Waals surface area contributed by atoms with Crippen molar-refractivity contribution in [3.05, 3.63) is 100 Å². The van der Waals surface area contributed by atoms with Gasteiger partial charge in [-0.25, -0.2) is 9.97 Å². The van der Waals surface area contributed by atoms with Gasteiger partial charge in [-0.1, -0.05) is 73.6 Å². The Labute approximate surface area is 211 Å². The number of nitrogens with zero attached hydrogens (tertiary/aromatic N) is 5. The first-order chi connectivity index (χ1) is 17.6. The van der Waals surface area contributed by atoms with E-state index >= 15 is 0 Å². The molecule has 3 aromatic carbocycles. The van der Waals surface area contributed by atoms with Crippen LogP contribution in [0.5, 0.6) is 0 Å². The van der Waals surface area contributed by atoms with Crippen LogP contribution in [0.2, 0.25) is 0 Å². The largest absolute Gasteiger partial charge is 0.351 e. The van der Waals surface area contributed by atoms with E-state index in [0.29, 0.717) is 24.1 Å². The number of nitriles is 1. The second-order valence-electron chi connectivity index (χ2n) is 9.32. The number of imidazole rings is 2. The van der Waals surface area contributed by atoms with E-state index < -0.39 is 0 Å². The Morgan fingerprint density at radius 3 is 2.56 bits per heavy atom. The molecular weight excluding hydrogens is 444 g/mol. The van der Waals surface area contributed by atoms with Crippen LogP contribution in [0.4, 0.5) is 0 Å². The highest BCUT2D eigenvalue weighted by Gasteiger charge is 2.26.